The summed E-state index contributed by atoms with van der Waals surface area (Å²) in [6.45, 7) is 3.74. The van der Waals surface area contributed by atoms with Crippen molar-refractivity contribution >= 4 is 29.1 Å². The number of aryl methyl sites for hydroxylation is 1. The van der Waals surface area contributed by atoms with E-state index in [0.29, 0.717) is 10.7 Å². The van der Waals surface area contributed by atoms with E-state index in [2.05, 4.69) is 0 Å². The highest BCUT2D eigenvalue weighted by atomic mass is 35.5. The van der Waals surface area contributed by atoms with Gasteiger partial charge in [0, 0.05) is 5.02 Å². The lowest BCUT2D eigenvalue weighted by Gasteiger charge is -2.24. The number of carbonyl (C=O) groups excluding carboxylic acids is 2. The Morgan fingerprint density at radius 3 is 2.76 bits per heavy atom. The molecule has 0 aliphatic carbocycles. The van der Waals surface area contributed by atoms with Crippen LogP contribution in [0, 0.1) is 18.8 Å². The zero-order valence-corrected chi connectivity index (χ0v) is 12.4. The SMILES string of the molecule is Cc1ccc(Cl)cc1N1C(=O)[C@@H]2[C@@H](C1=O)[C@@]1(C)C=C[C@H]2O1. The quantitative estimate of drug-likeness (QED) is 0.591. The number of amides is 2. The first kappa shape index (κ1) is 13.0. The van der Waals surface area contributed by atoms with Crippen molar-refractivity contribution in [1.29, 1.82) is 0 Å². The van der Waals surface area contributed by atoms with Gasteiger partial charge in [-0.3, -0.25) is 9.59 Å². The zero-order chi connectivity index (χ0) is 14.9. The molecule has 5 heteroatoms. The van der Waals surface area contributed by atoms with Crippen molar-refractivity contribution in [2.45, 2.75) is 25.6 Å². The van der Waals surface area contributed by atoms with Crippen LogP contribution in [-0.4, -0.2) is 23.5 Å². The first-order valence-electron chi connectivity index (χ1n) is 6.93. The Morgan fingerprint density at radius 2 is 2.05 bits per heavy atom. The largest absolute Gasteiger partial charge is 0.362 e. The second kappa shape index (κ2) is 3.96. The Morgan fingerprint density at radius 1 is 1.29 bits per heavy atom. The van der Waals surface area contributed by atoms with Crippen LogP contribution in [0.1, 0.15) is 12.5 Å². The number of fused-ring (bicyclic) bond motifs is 5. The molecule has 2 amide bonds. The second-order valence-corrected chi connectivity index (χ2v) is 6.51. The van der Waals surface area contributed by atoms with Crippen LogP contribution in [0.15, 0.2) is 30.4 Å². The molecule has 108 valence electrons. The molecule has 21 heavy (non-hydrogen) atoms. The molecular formula is C16H14ClNO3. The first-order chi connectivity index (χ1) is 9.92. The summed E-state index contributed by atoms with van der Waals surface area (Å²) in [6, 6.07) is 5.24. The molecule has 3 aliphatic heterocycles. The van der Waals surface area contributed by atoms with Crippen molar-refractivity contribution in [3.8, 4) is 0 Å². The summed E-state index contributed by atoms with van der Waals surface area (Å²) >= 11 is 6.02. The number of benzene rings is 1. The second-order valence-electron chi connectivity index (χ2n) is 6.07. The number of hydrogen-bond acceptors (Lipinski definition) is 3. The molecule has 1 aromatic rings. The van der Waals surface area contributed by atoms with Gasteiger partial charge in [-0.15, -0.1) is 0 Å². The molecule has 0 aromatic heterocycles. The van der Waals surface area contributed by atoms with Crippen molar-refractivity contribution < 1.29 is 14.3 Å². The number of halogens is 1. The summed E-state index contributed by atoms with van der Waals surface area (Å²) in [5, 5.41) is 0.511. The molecule has 3 heterocycles. The molecule has 1 aromatic carbocycles. The maximum atomic E-state index is 12.8. The lowest BCUT2D eigenvalue weighted by Crippen LogP contribution is -2.38. The number of rotatable bonds is 1. The van der Waals surface area contributed by atoms with Gasteiger partial charge in [0.25, 0.3) is 0 Å². The van der Waals surface area contributed by atoms with Crippen molar-refractivity contribution in [1.82, 2.24) is 0 Å². The molecule has 4 nitrogen and oxygen atoms in total. The molecule has 0 N–H and O–H groups in total. The van der Waals surface area contributed by atoms with Gasteiger partial charge in [-0.25, -0.2) is 4.90 Å². The van der Waals surface area contributed by atoms with Crippen molar-refractivity contribution in [2.75, 3.05) is 4.90 Å². The van der Waals surface area contributed by atoms with Gasteiger partial charge in [0.2, 0.25) is 11.8 Å². The molecule has 0 saturated carbocycles. The fourth-order valence-electron chi connectivity index (χ4n) is 3.71. The fourth-order valence-corrected chi connectivity index (χ4v) is 3.88. The van der Waals surface area contributed by atoms with Crippen LogP contribution in [0.4, 0.5) is 5.69 Å². The predicted octanol–water partition coefficient (Wildman–Crippen LogP) is 2.48. The van der Waals surface area contributed by atoms with E-state index in [1.165, 1.54) is 4.90 Å². The van der Waals surface area contributed by atoms with Gasteiger partial charge in [-0.05, 0) is 31.5 Å². The maximum Gasteiger partial charge on any atom is 0.241 e. The van der Waals surface area contributed by atoms with Crippen LogP contribution >= 0.6 is 11.6 Å². The van der Waals surface area contributed by atoms with Gasteiger partial charge in [-0.1, -0.05) is 29.8 Å². The van der Waals surface area contributed by atoms with Crippen LogP contribution in [0.2, 0.25) is 5.02 Å². The van der Waals surface area contributed by atoms with Crippen LogP contribution in [0.3, 0.4) is 0 Å². The third-order valence-corrected chi connectivity index (χ3v) is 4.98. The highest BCUT2D eigenvalue weighted by molar-refractivity contribution is 6.31. The van der Waals surface area contributed by atoms with Crippen LogP contribution in [0.25, 0.3) is 0 Å². The van der Waals surface area contributed by atoms with Gasteiger partial charge >= 0.3 is 0 Å². The van der Waals surface area contributed by atoms with E-state index in [9.17, 15) is 9.59 Å². The molecule has 2 saturated heterocycles. The molecule has 2 bridgehead atoms. The Balaban J connectivity index is 1.82. The highest BCUT2D eigenvalue weighted by Crippen LogP contribution is 2.52. The van der Waals surface area contributed by atoms with Gasteiger partial charge in [0.1, 0.15) is 0 Å². The molecule has 4 rings (SSSR count). The van der Waals surface area contributed by atoms with Crippen LogP contribution in [0.5, 0.6) is 0 Å². The minimum absolute atomic E-state index is 0.187. The molecule has 4 atom stereocenters. The molecule has 3 aliphatic rings. The van der Waals surface area contributed by atoms with Crippen LogP contribution < -0.4 is 4.90 Å². The normalized spacial score (nSPS) is 36.7. The average molecular weight is 304 g/mol. The number of imide groups is 1. The zero-order valence-electron chi connectivity index (χ0n) is 11.7. The summed E-state index contributed by atoms with van der Waals surface area (Å²) in [7, 11) is 0. The monoisotopic (exact) mass is 303 g/mol. The topological polar surface area (TPSA) is 46.6 Å². The Bertz CT molecular complexity index is 713. The van der Waals surface area contributed by atoms with Gasteiger partial charge in [-0.2, -0.15) is 0 Å². The molecule has 0 unspecified atom stereocenters. The van der Waals surface area contributed by atoms with Gasteiger partial charge in [0.15, 0.2) is 0 Å². The molecular weight excluding hydrogens is 290 g/mol. The summed E-state index contributed by atoms with van der Waals surface area (Å²) < 4.78 is 5.80. The summed E-state index contributed by atoms with van der Waals surface area (Å²) in [5.74, 6) is -1.22. The summed E-state index contributed by atoms with van der Waals surface area (Å²) in [5.41, 5.74) is 0.769. The van der Waals surface area contributed by atoms with E-state index in [4.69, 9.17) is 16.3 Å². The number of hydrogen-bond donors (Lipinski definition) is 0. The number of ether oxygens (including phenoxy) is 1. The minimum Gasteiger partial charge on any atom is -0.362 e. The summed E-state index contributed by atoms with van der Waals surface area (Å²) in [6.07, 6.45) is 3.50. The van der Waals surface area contributed by atoms with E-state index in [-0.39, 0.29) is 17.9 Å². The van der Waals surface area contributed by atoms with E-state index >= 15 is 0 Å². The smallest absolute Gasteiger partial charge is 0.241 e. The molecule has 0 radical (unpaired) electrons. The van der Waals surface area contributed by atoms with Crippen molar-refractivity contribution in [3.05, 3.63) is 40.9 Å². The first-order valence-corrected chi connectivity index (χ1v) is 7.31. The van der Waals surface area contributed by atoms with Gasteiger partial charge < -0.3 is 4.74 Å². The number of nitrogens with zero attached hydrogens (tertiary/aromatic N) is 1. The Hall–Kier alpha value is -1.65. The predicted molar refractivity (Wildman–Crippen MR) is 78.1 cm³/mol. The Kier molecular flexibility index (Phi) is 2.46. The maximum absolute atomic E-state index is 12.8. The number of carbonyl (C=O) groups is 2. The van der Waals surface area contributed by atoms with Crippen molar-refractivity contribution in [3.63, 3.8) is 0 Å². The average Bonchev–Trinajstić information content (AvgIpc) is 3.03. The fraction of sp³-hybridized carbons (Fsp3) is 0.375. The molecule has 0 spiro atoms. The van der Waals surface area contributed by atoms with E-state index in [1.807, 2.05) is 32.1 Å². The lowest BCUT2D eigenvalue weighted by molar-refractivity contribution is -0.126. The molecule has 2 fully saturated rings. The third kappa shape index (κ3) is 1.54. The van der Waals surface area contributed by atoms with E-state index < -0.39 is 17.4 Å². The Labute approximate surface area is 127 Å². The number of anilines is 1. The summed E-state index contributed by atoms with van der Waals surface area (Å²) in [4.78, 5) is 26.8. The highest BCUT2D eigenvalue weighted by Gasteiger charge is 2.66. The van der Waals surface area contributed by atoms with Gasteiger partial charge in [0.05, 0.1) is 29.2 Å². The van der Waals surface area contributed by atoms with E-state index in [1.54, 1.807) is 12.1 Å². The van der Waals surface area contributed by atoms with E-state index in [0.717, 1.165) is 5.56 Å². The minimum atomic E-state index is -0.663. The lowest BCUT2D eigenvalue weighted by atomic mass is 9.78. The van der Waals surface area contributed by atoms with Crippen molar-refractivity contribution in [2.24, 2.45) is 11.8 Å². The third-order valence-electron chi connectivity index (χ3n) is 4.74. The van der Waals surface area contributed by atoms with Crippen LogP contribution in [-0.2, 0) is 14.3 Å². The standard InChI is InChI=1S/C16H14ClNO3/c1-8-3-4-9(17)7-10(8)18-14(19)12-11-5-6-16(2,21-11)13(12)15(18)20/h3-7,11-13H,1-2H3/t11-,12+,13+,16-/m1/s1.